The summed E-state index contributed by atoms with van der Waals surface area (Å²) in [6, 6.07) is 23.4. The smallest absolute Gasteiger partial charge is 0.407 e. The lowest BCUT2D eigenvalue weighted by molar-refractivity contribution is -0.141. The molecule has 1 atom stereocenters. The number of methoxy groups -OCH3 is 1. The number of fused-ring (bicyclic) bond motifs is 2. The summed E-state index contributed by atoms with van der Waals surface area (Å²) >= 11 is 0. The van der Waals surface area contributed by atoms with E-state index in [9.17, 15) is 19.2 Å². The Balaban J connectivity index is 1.44. The SMILES string of the molecule is C/C=C/COc1ccc2ccccc2c1-c1c(OCCCC(=O)N[C@H](CCCCNC(=O)OC(C)(C)C)C(=O)NCC(=O)OC)ccc2ccccc12. The molecule has 4 aromatic carbocycles. The van der Waals surface area contributed by atoms with Crippen LogP contribution in [-0.2, 0) is 23.9 Å². The molecule has 0 aliphatic carbocycles. The molecule has 0 saturated carbocycles. The van der Waals surface area contributed by atoms with Gasteiger partial charge >= 0.3 is 12.1 Å². The Morgan fingerprint density at radius 1 is 0.774 bits per heavy atom. The number of rotatable bonds is 18. The van der Waals surface area contributed by atoms with Crippen molar-refractivity contribution in [1.29, 1.82) is 0 Å². The number of carbonyl (C=O) groups is 4. The summed E-state index contributed by atoms with van der Waals surface area (Å²) in [6.07, 6.45) is 5.26. The zero-order chi connectivity index (χ0) is 38.2. The van der Waals surface area contributed by atoms with Gasteiger partial charge in [0.15, 0.2) is 0 Å². The van der Waals surface area contributed by atoms with Crippen LogP contribution in [0.2, 0.25) is 0 Å². The molecule has 11 heteroatoms. The van der Waals surface area contributed by atoms with Crippen LogP contribution in [0, 0.1) is 0 Å². The maximum Gasteiger partial charge on any atom is 0.407 e. The average Bonchev–Trinajstić information content (AvgIpc) is 3.14. The maximum atomic E-state index is 13.1. The van der Waals surface area contributed by atoms with Gasteiger partial charge in [0.1, 0.15) is 36.3 Å². The highest BCUT2D eigenvalue weighted by molar-refractivity contribution is 6.09. The Hall–Kier alpha value is -5.58. The van der Waals surface area contributed by atoms with E-state index in [1.807, 2.05) is 61.5 Å². The highest BCUT2D eigenvalue weighted by Gasteiger charge is 2.22. The fourth-order valence-corrected chi connectivity index (χ4v) is 5.78. The number of alkyl carbamates (subject to hydrolysis) is 1. The van der Waals surface area contributed by atoms with Crippen LogP contribution in [0.25, 0.3) is 32.7 Å². The Bertz CT molecular complexity index is 1900. The predicted octanol–water partition coefficient (Wildman–Crippen LogP) is 7.24. The molecule has 0 unspecified atom stereocenters. The molecule has 282 valence electrons. The molecule has 0 spiro atoms. The topological polar surface area (TPSA) is 141 Å². The van der Waals surface area contributed by atoms with Crippen LogP contribution >= 0.6 is 0 Å². The Kier molecular flexibility index (Phi) is 15.1. The summed E-state index contributed by atoms with van der Waals surface area (Å²) in [5, 5.41) is 12.2. The highest BCUT2D eigenvalue weighted by atomic mass is 16.6. The van der Waals surface area contributed by atoms with Crippen molar-refractivity contribution in [2.45, 2.75) is 71.4 Å². The molecule has 3 amide bonds. The standard InChI is InChI=1S/C42H51N3O8/c1-6-7-26-51-34-23-21-29-15-8-10-17-31(29)38(34)39-32-18-11-9-16-30(32)22-24-35(39)52-27-14-20-36(46)45-33(40(48)44-28-37(47)50-5)19-12-13-25-43-41(49)53-42(2,3)4/h6-11,15-18,21-24,33H,12-14,19-20,25-28H2,1-5H3,(H,43,49)(H,44,48)(H,45,46)/b7-6+/t33-/m1/s1. The van der Waals surface area contributed by atoms with E-state index in [0.717, 1.165) is 38.4 Å². The molecule has 0 heterocycles. The molecule has 4 rings (SSSR count). The van der Waals surface area contributed by atoms with Gasteiger partial charge in [-0.2, -0.15) is 0 Å². The quantitative estimate of drug-likeness (QED) is 0.0554. The van der Waals surface area contributed by atoms with Crippen molar-refractivity contribution in [1.82, 2.24) is 16.0 Å². The second-order valence-corrected chi connectivity index (χ2v) is 13.5. The van der Waals surface area contributed by atoms with E-state index in [1.54, 1.807) is 20.8 Å². The van der Waals surface area contributed by atoms with Crippen LogP contribution in [-0.4, -0.2) is 68.9 Å². The second-order valence-electron chi connectivity index (χ2n) is 13.5. The first-order valence-corrected chi connectivity index (χ1v) is 18.0. The lowest BCUT2D eigenvalue weighted by Crippen LogP contribution is -2.48. The minimum absolute atomic E-state index is 0.107. The van der Waals surface area contributed by atoms with Crippen molar-refractivity contribution in [3.8, 4) is 22.6 Å². The molecule has 0 aliphatic rings. The lowest BCUT2D eigenvalue weighted by Gasteiger charge is -2.20. The first kappa shape index (κ1) is 40.2. The fraction of sp³-hybridized carbons (Fsp3) is 0.381. The summed E-state index contributed by atoms with van der Waals surface area (Å²) in [4.78, 5) is 49.7. The molecule has 0 bridgehead atoms. The number of carbonyl (C=O) groups excluding carboxylic acids is 4. The van der Waals surface area contributed by atoms with Gasteiger partial charge in [0.25, 0.3) is 0 Å². The van der Waals surface area contributed by atoms with E-state index in [-0.39, 0.29) is 25.5 Å². The maximum absolute atomic E-state index is 13.1. The lowest BCUT2D eigenvalue weighted by atomic mass is 9.92. The molecule has 53 heavy (non-hydrogen) atoms. The molecular formula is C42H51N3O8. The van der Waals surface area contributed by atoms with Gasteiger partial charge in [-0.05, 0) is 87.1 Å². The van der Waals surface area contributed by atoms with Crippen molar-refractivity contribution in [2.24, 2.45) is 0 Å². The van der Waals surface area contributed by atoms with Gasteiger partial charge < -0.3 is 34.9 Å². The minimum Gasteiger partial charge on any atom is -0.493 e. The molecule has 0 fully saturated rings. The number of nitrogens with one attached hydrogen (secondary N) is 3. The molecule has 4 aromatic rings. The number of ether oxygens (including phenoxy) is 4. The van der Waals surface area contributed by atoms with Gasteiger partial charge in [0.2, 0.25) is 11.8 Å². The van der Waals surface area contributed by atoms with Crippen LogP contribution in [0.4, 0.5) is 4.79 Å². The Morgan fingerprint density at radius 3 is 2.00 bits per heavy atom. The van der Waals surface area contributed by atoms with Gasteiger partial charge in [-0.1, -0.05) is 72.8 Å². The number of allylic oxidation sites excluding steroid dienone is 1. The van der Waals surface area contributed by atoms with E-state index >= 15 is 0 Å². The highest BCUT2D eigenvalue weighted by Crippen LogP contribution is 2.45. The number of esters is 1. The molecular weight excluding hydrogens is 674 g/mol. The van der Waals surface area contributed by atoms with Crippen molar-refractivity contribution >= 4 is 45.4 Å². The zero-order valence-electron chi connectivity index (χ0n) is 31.3. The van der Waals surface area contributed by atoms with E-state index in [0.29, 0.717) is 44.6 Å². The average molecular weight is 726 g/mol. The number of unbranched alkanes of at least 4 members (excludes halogenated alkanes) is 1. The van der Waals surface area contributed by atoms with Crippen LogP contribution < -0.4 is 25.4 Å². The summed E-state index contributed by atoms with van der Waals surface area (Å²) < 4.78 is 22.6. The van der Waals surface area contributed by atoms with Crippen molar-refractivity contribution in [2.75, 3.05) is 33.4 Å². The summed E-state index contributed by atoms with van der Waals surface area (Å²) in [5.41, 5.74) is 1.23. The monoisotopic (exact) mass is 725 g/mol. The molecule has 0 aliphatic heterocycles. The van der Waals surface area contributed by atoms with Gasteiger partial charge in [0, 0.05) is 24.1 Å². The van der Waals surface area contributed by atoms with Crippen molar-refractivity contribution < 1.29 is 38.1 Å². The van der Waals surface area contributed by atoms with Gasteiger partial charge in [-0.25, -0.2) is 4.79 Å². The van der Waals surface area contributed by atoms with Crippen LogP contribution in [0.15, 0.2) is 84.9 Å². The summed E-state index contributed by atoms with van der Waals surface area (Å²) in [7, 11) is 1.23. The summed E-state index contributed by atoms with van der Waals surface area (Å²) in [5.74, 6) is -0.0271. The van der Waals surface area contributed by atoms with Crippen molar-refractivity contribution in [3.05, 3.63) is 84.9 Å². The molecule has 0 aromatic heterocycles. The van der Waals surface area contributed by atoms with E-state index in [4.69, 9.17) is 14.2 Å². The van der Waals surface area contributed by atoms with E-state index in [1.165, 1.54) is 7.11 Å². The van der Waals surface area contributed by atoms with Gasteiger partial charge in [-0.15, -0.1) is 0 Å². The minimum atomic E-state index is -0.881. The number of hydrogen-bond acceptors (Lipinski definition) is 8. The fourth-order valence-electron chi connectivity index (χ4n) is 5.78. The molecule has 0 saturated heterocycles. The van der Waals surface area contributed by atoms with E-state index < -0.39 is 29.6 Å². The first-order chi connectivity index (χ1) is 25.5. The molecule has 3 N–H and O–H groups in total. The third kappa shape index (κ3) is 12.3. The van der Waals surface area contributed by atoms with Crippen LogP contribution in [0.3, 0.4) is 0 Å². The third-order valence-corrected chi connectivity index (χ3v) is 8.28. The second kappa shape index (κ2) is 19.9. The molecule has 0 radical (unpaired) electrons. The van der Waals surface area contributed by atoms with Gasteiger partial charge in [-0.3, -0.25) is 14.4 Å². The third-order valence-electron chi connectivity index (χ3n) is 8.28. The predicted molar refractivity (Wildman–Crippen MR) is 207 cm³/mol. The Morgan fingerprint density at radius 2 is 1.40 bits per heavy atom. The van der Waals surface area contributed by atoms with E-state index in [2.05, 4.69) is 51.0 Å². The van der Waals surface area contributed by atoms with Gasteiger partial charge in [0.05, 0.1) is 13.7 Å². The summed E-state index contributed by atoms with van der Waals surface area (Å²) in [6.45, 7) is 7.99. The number of amides is 3. The Labute approximate surface area is 311 Å². The molecule has 11 nitrogen and oxygen atoms in total. The number of benzene rings is 4. The first-order valence-electron chi connectivity index (χ1n) is 18.0. The largest absolute Gasteiger partial charge is 0.493 e. The van der Waals surface area contributed by atoms with Crippen LogP contribution in [0.1, 0.15) is 59.8 Å². The number of hydrogen-bond donors (Lipinski definition) is 3. The van der Waals surface area contributed by atoms with Crippen LogP contribution in [0.5, 0.6) is 11.5 Å². The normalized spacial score (nSPS) is 11.9. The zero-order valence-corrected chi connectivity index (χ0v) is 31.3. The van der Waals surface area contributed by atoms with Crippen molar-refractivity contribution in [3.63, 3.8) is 0 Å².